The summed E-state index contributed by atoms with van der Waals surface area (Å²) in [6.07, 6.45) is 2.54. The van der Waals surface area contributed by atoms with Crippen molar-refractivity contribution in [3.63, 3.8) is 0 Å². The lowest BCUT2D eigenvalue weighted by Crippen LogP contribution is -2.62. The summed E-state index contributed by atoms with van der Waals surface area (Å²) in [5, 5.41) is 3.43. The van der Waals surface area contributed by atoms with E-state index in [4.69, 9.17) is 4.74 Å². The SMILES string of the molecule is CCC1(C)C(NC)CC1Oc1cc(C)ccc1C(C)(C)C. The van der Waals surface area contributed by atoms with Gasteiger partial charge in [0.15, 0.2) is 0 Å². The number of benzene rings is 1. The highest BCUT2D eigenvalue weighted by molar-refractivity contribution is 5.41. The summed E-state index contributed by atoms with van der Waals surface area (Å²) in [6.45, 7) is 13.5. The molecule has 2 rings (SSSR count). The van der Waals surface area contributed by atoms with Gasteiger partial charge in [0.2, 0.25) is 0 Å². The molecule has 3 unspecified atom stereocenters. The molecule has 1 aliphatic carbocycles. The van der Waals surface area contributed by atoms with Crippen LogP contribution in [0.25, 0.3) is 0 Å². The molecule has 2 heteroatoms. The molecule has 0 bridgehead atoms. The predicted octanol–water partition coefficient (Wildman–Crippen LogP) is 4.45. The van der Waals surface area contributed by atoms with Gasteiger partial charge in [0.25, 0.3) is 0 Å². The number of rotatable bonds is 4. The van der Waals surface area contributed by atoms with E-state index in [1.54, 1.807) is 0 Å². The van der Waals surface area contributed by atoms with Crippen molar-refractivity contribution in [1.82, 2.24) is 5.32 Å². The summed E-state index contributed by atoms with van der Waals surface area (Å²) in [5.74, 6) is 1.07. The van der Waals surface area contributed by atoms with Crippen molar-refractivity contribution < 1.29 is 4.74 Å². The monoisotopic (exact) mass is 289 g/mol. The molecule has 1 N–H and O–H groups in total. The fourth-order valence-corrected chi connectivity index (χ4v) is 3.42. The molecule has 1 saturated carbocycles. The van der Waals surface area contributed by atoms with Crippen LogP contribution in [0, 0.1) is 12.3 Å². The number of nitrogens with one attached hydrogen (secondary N) is 1. The van der Waals surface area contributed by atoms with E-state index in [-0.39, 0.29) is 10.8 Å². The fraction of sp³-hybridized carbons (Fsp3) is 0.684. The van der Waals surface area contributed by atoms with Gasteiger partial charge in [-0.25, -0.2) is 0 Å². The van der Waals surface area contributed by atoms with Crippen molar-refractivity contribution >= 4 is 0 Å². The van der Waals surface area contributed by atoms with Crippen LogP contribution in [-0.2, 0) is 5.41 Å². The molecule has 1 aliphatic rings. The normalized spacial score (nSPS) is 29.1. The molecule has 0 spiro atoms. The zero-order valence-corrected chi connectivity index (χ0v) is 14.7. The van der Waals surface area contributed by atoms with Crippen molar-refractivity contribution in [2.24, 2.45) is 5.41 Å². The lowest BCUT2D eigenvalue weighted by Gasteiger charge is -2.53. The minimum absolute atomic E-state index is 0.109. The summed E-state index contributed by atoms with van der Waals surface area (Å²) in [5.41, 5.74) is 2.91. The van der Waals surface area contributed by atoms with Crippen LogP contribution in [0.3, 0.4) is 0 Å². The van der Waals surface area contributed by atoms with E-state index >= 15 is 0 Å². The minimum Gasteiger partial charge on any atom is -0.489 e. The van der Waals surface area contributed by atoms with Gasteiger partial charge in [0.1, 0.15) is 11.9 Å². The second-order valence-electron chi connectivity index (χ2n) is 7.79. The maximum absolute atomic E-state index is 6.49. The molecule has 3 atom stereocenters. The summed E-state index contributed by atoms with van der Waals surface area (Å²) in [4.78, 5) is 0. The largest absolute Gasteiger partial charge is 0.489 e. The zero-order chi connectivity index (χ0) is 15.8. The molecule has 21 heavy (non-hydrogen) atoms. The third-order valence-electron chi connectivity index (χ3n) is 5.31. The van der Waals surface area contributed by atoms with Crippen molar-refractivity contribution in [2.75, 3.05) is 7.05 Å². The van der Waals surface area contributed by atoms with Gasteiger partial charge in [-0.05, 0) is 43.0 Å². The number of hydrogen-bond acceptors (Lipinski definition) is 2. The molecule has 0 aliphatic heterocycles. The third-order valence-corrected chi connectivity index (χ3v) is 5.31. The molecule has 0 aromatic heterocycles. The van der Waals surface area contributed by atoms with Gasteiger partial charge in [0, 0.05) is 17.9 Å². The van der Waals surface area contributed by atoms with Gasteiger partial charge in [-0.3, -0.25) is 0 Å². The Hall–Kier alpha value is -1.02. The molecular formula is C19H31NO. The average Bonchev–Trinajstić information content (AvgIpc) is 2.40. The second-order valence-corrected chi connectivity index (χ2v) is 7.79. The quantitative estimate of drug-likeness (QED) is 0.884. The Morgan fingerprint density at radius 2 is 2.00 bits per heavy atom. The van der Waals surface area contributed by atoms with E-state index in [2.05, 4.69) is 72.1 Å². The van der Waals surface area contributed by atoms with Crippen molar-refractivity contribution in [3.05, 3.63) is 29.3 Å². The van der Waals surface area contributed by atoms with Gasteiger partial charge in [0.05, 0.1) is 0 Å². The van der Waals surface area contributed by atoms with E-state index in [1.807, 2.05) is 0 Å². The molecule has 2 nitrogen and oxygen atoms in total. The maximum Gasteiger partial charge on any atom is 0.123 e. The molecule has 1 fully saturated rings. The Labute approximate surface area is 130 Å². The molecule has 0 amide bonds. The van der Waals surface area contributed by atoms with Crippen LogP contribution in [0.15, 0.2) is 18.2 Å². The number of hydrogen-bond donors (Lipinski definition) is 1. The Bertz CT molecular complexity index is 503. The molecule has 0 heterocycles. The second kappa shape index (κ2) is 5.64. The lowest BCUT2D eigenvalue weighted by molar-refractivity contribution is -0.0684. The van der Waals surface area contributed by atoms with Crippen molar-refractivity contribution in [3.8, 4) is 5.75 Å². The summed E-state index contributed by atoms with van der Waals surface area (Å²) < 4.78 is 6.49. The number of aryl methyl sites for hydroxylation is 1. The first-order valence-corrected chi connectivity index (χ1v) is 8.17. The minimum atomic E-state index is 0.109. The zero-order valence-electron chi connectivity index (χ0n) is 14.7. The predicted molar refractivity (Wildman–Crippen MR) is 90.2 cm³/mol. The van der Waals surface area contributed by atoms with E-state index in [1.165, 1.54) is 11.1 Å². The molecule has 1 aromatic rings. The van der Waals surface area contributed by atoms with Crippen molar-refractivity contribution in [1.29, 1.82) is 0 Å². The van der Waals surface area contributed by atoms with Crippen LogP contribution in [0.4, 0.5) is 0 Å². The maximum atomic E-state index is 6.49. The Kier molecular flexibility index (Phi) is 4.39. The first kappa shape index (κ1) is 16.4. The van der Waals surface area contributed by atoms with E-state index in [9.17, 15) is 0 Å². The first-order valence-electron chi connectivity index (χ1n) is 8.17. The van der Waals surface area contributed by atoms with E-state index < -0.39 is 0 Å². The van der Waals surface area contributed by atoms with Crippen LogP contribution < -0.4 is 10.1 Å². The number of ether oxygens (including phenoxy) is 1. The van der Waals surface area contributed by atoms with Crippen LogP contribution in [0.1, 0.15) is 58.6 Å². The highest BCUT2D eigenvalue weighted by atomic mass is 16.5. The van der Waals surface area contributed by atoms with E-state index in [0.717, 1.165) is 18.6 Å². The topological polar surface area (TPSA) is 21.3 Å². The molecule has 0 saturated heterocycles. The summed E-state index contributed by atoms with van der Waals surface area (Å²) >= 11 is 0. The molecule has 118 valence electrons. The van der Waals surface area contributed by atoms with Crippen LogP contribution in [0.5, 0.6) is 5.75 Å². The van der Waals surface area contributed by atoms with Crippen LogP contribution in [-0.4, -0.2) is 19.2 Å². The highest BCUT2D eigenvalue weighted by Gasteiger charge is 2.51. The van der Waals surface area contributed by atoms with Gasteiger partial charge in [-0.15, -0.1) is 0 Å². The van der Waals surface area contributed by atoms with Crippen LogP contribution >= 0.6 is 0 Å². The highest BCUT2D eigenvalue weighted by Crippen LogP contribution is 2.47. The lowest BCUT2D eigenvalue weighted by atomic mass is 9.61. The Balaban J connectivity index is 2.26. The summed E-state index contributed by atoms with van der Waals surface area (Å²) in [6, 6.07) is 7.17. The van der Waals surface area contributed by atoms with Crippen molar-refractivity contribution in [2.45, 2.75) is 71.9 Å². The third kappa shape index (κ3) is 2.96. The van der Waals surface area contributed by atoms with Gasteiger partial charge in [-0.1, -0.05) is 46.8 Å². The standard InChI is InChI=1S/C19H31NO/c1-8-19(6)16(20-7)12-17(19)21-15-11-13(2)9-10-14(15)18(3,4)5/h9-11,16-17,20H,8,12H2,1-7H3. The van der Waals surface area contributed by atoms with Gasteiger partial charge >= 0.3 is 0 Å². The fourth-order valence-electron chi connectivity index (χ4n) is 3.42. The smallest absolute Gasteiger partial charge is 0.123 e. The molecule has 0 radical (unpaired) electrons. The first-order chi connectivity index (χ1) is 9.72. The van der Waals surface area contributed by atoms with E-state index in [0.29, 0.717) is 12.1 Å². The van der Waals surface area contributed by atoms with Crippen LogP contribution in [0.2, 0.25) is 0 Å². The summed E-state index contributed by atoms with van der Waals surface area (Å²) in [7, 11) is 2.06. The average molecular weight is 289 g/mol. The van der Waals surface area contributed by atoms with Gasteiger partial charge < -0.3 is 10.1 Å². The Morgan fingerprint density at radius 1 is 1.33 bits per heavy atom. The Morgan fingerprint density at radius 3 is 2.52 bits per heavy atom. The molecular weight excluding hydrogens is 258 g/mol. The molecule has 1 aromatic carbocycles. The van der Waals surface area contributed by atoms with Gasteiger partial charge in [-0.2, -0.15) is 0 Å².